The fraction of sp³-hybridized carbons (Fsp3) is 0.476. The molecular formula is C21H29N5O. The van der Waals surface area contributed by atoms with Crippen molar-refractivity contribution in [2.24, 2.45) is 7.05 Å². The maximum atomic E-state index is 12.8. The zero-order valence-electron chi connectivity index (χ0n) is 16.5. The van der Waals surface area contributed by atoms with E-state index in [2.05, 4.69) is 40.7 Å². The first-order valence-corrected chi connectivity index (χ1v) is 9.59. The number of pyridine rings is 1. The van der Waals surface area contributed by atoms with Crippen molar-refractivity contribution < 1.29 is 4.79 Å². The summed E-state index contributed by atoms with van der Waals surface area (Å²) >= 11 is 0. The topological polar surface area (TPSA) is 63.1 Å². The SMILES string of the molecule is C=C(C)CN(CC)C1CCc2c(c(C(=O)NCc3ccncc3)nn2C)C1. The van der Waals surface area contributed by atoms with Crippen LogP contribution in [0.25, 0.3) is 0 Å². The quantitative estimate of drug-likeness (QED) is 0.764. The van der Waals surface area contributed by atoms with Crippen LogP contribution < -0.4 is 5.32 Å². The molecule has 1 N–H and O–H groups in total. The number of nitrogens with zero attached hydrogens (tertiary/aromatic N) is 4. The number of nitrogens with one attached hydrogen (secondary N) is 1. The molecule has 0 spiro atoms. The second-order valence-corrected chi connectivity index (χ2v) is 7.35. The summed E-state index contributed by atoms with van der Waals surface area (Å²) in [7, 11) is 1.93. The van der Waals surface area contributed by atoms with Crippen LogP contribution in [0, 0.1) is 0 Å². The van der Waals surface area contributed by atoms with E-state index in [1.807, 2.05) is 23.9 Å². The van der Waals surface area contributed by atoms with Gasteiger partial charge in [-0.3, -0.25) is 19.4 Å². The van der Waals surface area contributed by atoms with E-state index in [9.17, 15) is 4.79 Å². The van der Waals surface area contributed by atoms with Gasteiger partial charge in [0.2, 0.25) is 0 Å². The lowest BCUT2D eigenvalue weighted by Gasteiger charge is -2.34. The Bertz CT molecular complexity index is 811. The van der Waals surface area contributed by atoms with Gasteiger partial charge in [0.25, 0.3) is 5.91 Å². The van der Waals surface area contributed by atoms with Crippen molar-refractivity contribution in [1.82, 2.24) is 25.0 Å². The largest absolute Gasteiger partial charge is 0.347 e. The predicted molar refractivity (Wildman–Crippen MR) is 106 cm³/mol. The fourth-order valence-corrected chi connectivity index (χ4v) is 3.88. The Kier molecular flexibility index (Phi) is 6.06. The van der Waals surface area contributed by atoms with E-state index < -0.39 is 0 Å². The molecule has 0 radical (unpaired) electrons. The first-order chi connectivity index (χ1) is 13.0. The van der Waals surface area contributed by atoms with E-state index in [0.29, 0.717) is 18.3 Å². The zero-order valence-corrected chi connectivity index (χ0v) is 16.5. The molecule has 2 aromatic heterocycles. The fourth-order valence-electron chi connectivity index (χ4n) is 3.88. The third kappa shape index (κ3) is 4.45. The summed E-state index contributed by atoms with van der Waals surface area (Å²) in [6.07, 6.45) is 6.37. The van der Waals surface area contributed by atoms with Gasteiger partial charge in [-0.25, -0.2) is 0 Å². The third-order valence-electron chi connectivity index (χ3n) is 5.24. The highest BCUT2D eigenvalue weighted by Crippen LogP contribution is 2.27. The molecule has 0 saturated carbocycles. The van der Waals surface area contributed by atoms with Crippen LogP contribution in [0.5, 0.6) is 0 Å². The van der Waals surface area contributed by atoms with Crippen LogP contribution in [0.2, 0.25) is 0 Å². The molecule has 3 rings (SSSR count). The number of hydrogen-bond donors (Lipinski definition) is 1. The Morgan fingerprint density at radius 1 is 1.41 bits per heavy atom. The highest BCUT2D eigenvalue weighted by Gasteiger charge is 2.30. The number of aryl methyl sites for hydroxylation is 1. The molecule has 0 bridgehead atoms. The molecule has 6 nitrogen and oxygen atoms in total. The summed E-state index contributed by atoms with van der Waals surface area (Å²) in [5.74, 6) is -0.104. The van der Waals surface area contributed by atoms with Gasteiger partial charge in [0.05, 0.1) is 0 Å². The summed E-state index contributed by atoms with van der Waals surface area (Å²) in [5, 5.41) is 7.54. The van der Waals surface area contributed by atoms with Gasteiger partial charge in [-0.15, -0.1) is 0 Å². The Balaban J connectivity index is 1.75. The highest BCUT2D eigenvalue weighted by atomic mass is 16.1. The Labute approximate surface area is 161 Å². The molecular weight excluding hydrogens is 338 g/mol. The maximum absolute atomic E-state index is 12.8. The van der Waals surface area contributed by atoms with Gasteiger partial charge in [0, 0.05) is 49.8 Å². The van der Waals surface area contributed by atoms with E-state index in [-0.39, 0.29) is 5.91 Å². The lowest BCUT2D eigenvalue weighted by atomic mass is 9.90. The van der Waals surface area contributed by atoms with Crippen LogP contribution in [0.15, 0.2) is 36.7 Å². The van der Waals surface area contributed by atoms with Crippen molar-refractivity contribution >= 4 is 5.91 Å². The van der Waals surface area contributed by atoms with Crippen molar-refractivity contribution in [3.05, 3.63) is 59.2 Å². The molecule has 0 saturated heterocycles. The average molecular weight is 367 g/mol. The predicted octanol–water partition coefficient (Wildman–Crippen LogP) is 2.50. The molecule has 1 atom stereocenters. The summed E-state index contributed by atoms with van der Waals surface area (Å²) in [5.41, 5.74) is 5.05. The Morgan fingerprint density at radius 2 is 2.15 bits per heavy atom. The summed E-state index contributed by atoms with van der Waals surface area (Å²) in [4.78, 5) is 19.3. The van der Waals surface area contributed by atoms with Crippen molar-refractivity contribution in [3.8, 4) is 0 Å². The number of likely N-dealkylation sites (N-methyl/N-ethyl adjacent to an activating group) is 1. The molecule has 1 aliphatic carbocycles. The van der Waals surface area contributed by atoms with E-state index in [0.717, 1.165) is 43.5 Å². The van der Waals surface area contributed by atoms with Crippen molar-refractivity contribution in [2.45, 2.75) is 45.7 Å². The molecule has 0 fully saturated rings. The minimum Gasteiger partial charge on any atom is -0.347 e. The third-order valence-corrected chi connectivity index (χ3v) is 5.24. The number of carbonyl (C=O) groups excluding carboxylic acids is 1. The van der Waals surface area contributed by atoms with Gasteiger partial charge in [-0.2, -0.15) is 5.10 Å². The maximum Gasteiger partial charge on any atom is 0.272 e. The Hall–Kier alpha value is -2.47. The lowest BCUT2D eigenvalue weighted by molar-refractivity contribution is 0.0943. The molecule has 2 heterocycles. The molecule has 0 aromatic carbocycles. The first-order valence-electron chi connectivity index (χ1n) is 9.59. The van der Waals surface area contributed by atoms with Gasteiger partial charge in [0.1, 0.15) is 0 Å². The van der Waals surface area contributed by atoms with Crippen molar-refractivity contribution in [2.75, 3.05) is 13.1 Å². The van der Waals surface area contributed by atoms with Gasteiger partial charge in [0.15, 0.2) is 5.69 Å². The smallest absolute Gasteiger partial charge is 0.272 e. The Morgan fingerprint density at radius 3 is 2.81 bits per heavy atom. The van der Waals surface area contributed by atoms with Gasteiger partial charge < -0.3 is 5.32 Å². The molecule has 1 amide bonds. The minimum absolute atomic E-state index is 0.104. The van der Waals surface area contributed by atoms with E-state index in [1.165, 1.54) is 11.3 Å². The zero-order chi connectivity index (χ0) is 19.4. The number of aromatic nitrogens is 3. The van der Waals surface area contributed by atoms with E-state index in [1.54, 1.807) is 12.4 Å². The molecule has 1 aliphatic rings. The minimum atomic E-state index is -0.104. The monoisotopic (exact) mass is 367 g/mol. The second kappa shape index (κ2) is 8.48. The standard InChI is InChI=1S/C21H29N5O/c1-5-26(14-15(2)3)17-6-7-19-18(12-17)20(24-25(19)4)21(27)23-13-16-8-10-22-11-9-16/h8-11,17H,2,5-7,12-14H2,1,3-4H3,(H,23,27). The van der Waals surface area contributed by atoms with E-state index in [4.69, 9.17) is 0 Å². The van der Waals surface area contributed by atoms with Gasteiger partial charge >= 0.3 is 0 Å². The molecule has 2 aromatic rings. The van der Waals surface area contributed by atoms with Crippen LogP contribution in [0.4, 0.5) is 0 Å². The molecule has 0 aliphatic heterocycles. The molecule has 6 heteroatoms. The summed E-state index contributed by atoms with van der Waals surface area (Å²) in [6, 6.07) is 4.23. The van der Waals surface area contributed by atoms with Crippen LogP contribution >= 0.6 is 0 Å². The number of amides is 1. The number of fused-ring (bicyclic) bond motifs is 1. The molecule has 144 valence electrons. The number of hydrogen-bond acceptors (Lipinski definition) is 4. The van der Waals surface area contributed by atoms with Crippen LogP contribution in [0.3, 0.4) is 0 Å². The molecule has 1 unspecified atom stereocenters. The van der Waals surface area contributed by atoms with Crippen molar-refractivity contribution in [1.29, 1.82) is 0 Å². The summed E-state index contributed by atoms with van der Waals surface area (Å²) < 4.78 is 1.88. The lowest BCUT2D eigenvalue weighted by Crippen LogP contribution is -2.40. The van der Waals surface area contributed by atoms with Crippen LogP contribution in [-0.2, 0) is 26.4 Å². The van der Waals surface area contributed by atoms with Crippen LogP contribution in [-0.4, -0.2) is 44.7 Å². The normalized spacial score (nSPS) is 16.2. The first kappa shape index (κ1) is 19.3. The second-order valence-electron chi connectivity index (χ2n) is 7.35. The van der Waals surface area contributed by atoms with Crippen molar-refractivity contribution in [3.63, 3.8) is 0 Å². The van der Waals surface area contributed by atoms with Gasteiger partial charge in [-0.1, -0.05) is 19.1 Å². The molecule has 27 heavy (non-hydrogen) atoms. The summed E-state index contributed by atoms with van der Waals surface area (Å²) in [6.45, 7) is 10.7. The average Bonchev–Trinajstić information content (AvgIpc) is 3.01. The van der Waals surface area contributed by atoms with Crippen LogP contribution in [0.1, 0.15) is 47.6 Å². The van der Waals surface area contributed by atoms with Gasteiger partial charge in [-0.05, 0) is 50.4 Å². The van der Waals surface area contributed by atoms with E-state index >= 15 is 0 Å². The number of carbonyl (C=O) groups is 1. The highest BCUT2D eigenvalue weighted by molar-refractivity contribution is 5.94. The number of rotatable bonds is 7.